The smallest absolute Gasteiger partial charge is 0.0473 e. The van der Waals surface area contributed by atoms with E-state index in [1.165, 1.54) is 61.2 Å². The van der Waals surface area contributed by atoms with Crippen LogP contribution in [-0.2, 0) is 0 Å². The standard InChI is InChI=1S/C78H56N2/c1-7-19-57(20-8-1)63-31-41-73(42-32-63)79(75-49-39-67(40-50-75)70-52-68(59-23-11-3-12-24-59)51-69(53-70)60-25-13-4-14-26-60)74-43-35-65(36-44-74)66-37-47-77(48-38-66)80(76-45-33-64(34-46-76)58-21-9-2-10-22-58)78-55-71(61-27-15-5-16-28-61)54-72(56-78)62-29-17-6-18-30-62/h1-56H. The first-order chi connectivity index (χ1) is 39.6. The van der Waals surface area contributed by atoms with E-state index in [-0.39, 0.29) is 0 Å². The number of rotatable bonds is 14. The first-order valence-corrected chi connectivity index (χ1v) is 27.4. The Labute approximate surface area is 470 Å². The van der Waals surface area contributed by atoms with E-state index >= 15 is 0 Å². The predicted octanol–water partition coefficient (Wildman–Crippen LogP) is 22.0. The fraction of sp³-hybridized carbons (Fsp3) is 0. The molecule has 80 heavy (non-hydrogen) atoms. The topological polar surface area (TPSA) is 6.48 Å². The van der Waals surface area contributed by atoms with Gasteiger partial charge in [0.15, 0.2) is 0 Å². The van der Waals surface area contributed by atoms with Crippen molar-refractivity contribution >= 4 is 34.1 Å². The van der Waals surface area contributed by atoms with Crippen LogP contribution < -0.4 is 9.80 Å². The first kappa shape index (κ1) is 49.1. The van der Waals surface area contributed by atoms with Crippen LogP contribution in [0.3, 0.4) is 0 Å². The Bertz CT molecular complexity index is 4010. The van der Waals surface area contributed by atoms with Crippen molar-refractivity contribution in [2.24, 2.45) is 0 Å². The third-order valence-electron chi connectivity index (χ3n) is 15.0. The zero-order valence-electron chi connectivity index (χ0n) is 44.2. The van der Waals surface area contributed by atoms with Crippen molar-refractivity contribution in [1.29, 1.82) is 0 Å². The van der Waals surface area contributed by atoms with Crippen molar-refractivity contribution < 1.29 is 0 Å². The van der Waals surface area contributed by atoms with E-state index in [4.69, 9.17) is 0 Å². The average molecular weight is 1020 g/mol. The van der Waals surface area contributed by atoms with Crippen LogP contribution in [0.4, 0.5) is 34.1 Å². The monoisotopic (exact) mass is 1020 g/mol. The van der Waals surface area contributed by atoms with E-state index in [2.05, 4.69) is 350 Å². The highest BCUT2D eigenvalue weighted by Gasteiger charge is 2.19. The van der Waals surface area contributed by atoms with E-state index in [0.29, 0.717) is 0 Å². The predicted molar refractivity (Wildman–Crippen MR) is 339 cm³/mol. The Hall–Kier alpha value is -10.5. The van der Waals surface area contributed by atoms with Crippen LogP contribution in [0.1, 0.15) is 0 Å². The molecule has 0 unspecified atom stereocenters. The van der Waals surface area contributed by atoms with Crippen LogP contribution >= 0.6 is 0 Å². The number of hydrogen-bond donors (Lipinski definition) is 0. The molecule has 0 atom stereocenters. The van der Waals surface area contributed by atoms with Gasteiger partial charge in [0.05, 0.1) is 0 Å². The third kappa shape index (κ3) is 10.6. The molecule has 0 aromatic heterocycles. The maximum atomic E-state index is 2.38. The molecule has 0 fully saturated rings. The highest BCUT2D eigenvalue weighted by atomic mass is 15.1. The maximum absolute atomic E-state index is 2.38. The second kappa shape index (κ2) is 22.6. The normalized spacial score (nSPS) is 11.0. The molecule has 0 amide bonds. The molecule has 0 aliphatic carbocycles. The summed E-state index contributed by atoms with van der Waals surface area (Å²) in [5, 5.41) is 0. The van der Waals surface area contributed by atoms with Crippen molar-refractivity contribution in [1.82, 2.24) is 0 Å². The van der Waals surface area contributed by atoms with Gasteiger partial charge in [-0.05, 0) is 186 Å². The molecule has 0 heterocycles. The summed E-state index contributed by atoms with van der Waals surface area (Å²) in [7, 11) is 0. The molecule has 0 aliphatic heterocycles. The van der Waals surface area contributed by atoms with E-state index in [1.54, 1.807) is 0 Å². The van der Waals surface area contributed by atoms with Gasteiger partial charge in [0.2, 0.25) is 0 Å². The zero-order chi connectivity index (χ0) is 53.5. The van der Waals surface area contributed by atoms with Gasteiger partial charge in [-0.25, -0.2) is 0 Å². The van der Waals surface area contributed by atoms with Crippen molar-refractivity contribution in [2.75, 3.05) is 9.80 Å². The van der Waals surface area contributed by atoms with Crippen LogP contribution in [-0.4, -0.2) is 0 Å². The summed E-state index contributed by atoms with van der Waals surface area (Å²) in [4.78, 5) is 4.74. The van der Waals surface area contributed by atoms with Gasteiger partial charge in [0.1, 0.15) is 0 Å². The second-order valence-corrected chi connectivity index (χ2v) is 20.2. The van der Waals surface area contributed by atoms with E-state index in [1.807, 2.05) is 0 Å². The molecule has 0 radical (unpaired) electrons. The minimum absolute atomic E-state index is 1.07. The Kier molecular flexibility index (Phi) is 13.8. The maximum Gasteiger partial charge on any atom is 0.0473 e. The summed E-state index contributed by atoms with van der Waals surface area (Å²) in [6.07, 6.45) is 0. The van der Waals surface area contributed by atoms with Gasteiger partial charge in [-0.3, -0.25) is 0 Å². The van der Waals surface area contributed by atoms with Gasteiger partial charge < -0.3 is 9.80 Å². The largest absolute Gasteiger partial charge is 0.311 e. The Balaban J connectivity index is 0.853. The number of anilines is 6. The second-order valence-electron chi connectivity index (χ2n) is 20.2. The Morgan fingerprint density at radius 1 is 0.113 bits per heavy atom. The molecule has 13 rings (SSSR count). The fourth-order valence-corrected chi connectivity index (χ4v) is 10.9. The molecule has 0 spiro atoms. The van der Waals surface area contributed by atoms with Crippen molar-refractivity contribution in [2.45, 2.75) is 0 Å². The zero-order valence-corrected chi connectivity index (χ0v) is 44.2. The van der Waals surface area contributed by atoms with Crippen molar-refractivity contribution in [3.8, 4) is 89.0 Å². The van der Waals surface area contributed by atoms with Gasteiger partial charge in [-0.1, -0.05) is 243 Å². The first-order valence-electron chi connectivity index (χ1n) is 27.4. The quantitative estimate of drug-likeness (QED) is 0.107. The molecule has 13 aromatic rings. The van der Waals surface area contributed by atoms with Crippen molar-refractivity contribution in [3.05, 3.63) is 340 Å². The lowest BCUT2D eigenvalue weighted by Gasteiger charge is -2.27. The number of hydrogen-bond acceptors (Lipinski definition) is 2. The summed E-state index contributed by atoms with van der Waals surface area (Å²) in [5.74, 6) is 0. The van der Waals surface area contributed by atoms with Gasteiger partial charge >= 0.3 is 0 Å². The number of nitrogens with zero attached hydrogens (tertiary/aromatic N) is 2. The Morgan fingerprint density at radius 2 is 0.263 bits per heavy atom. The highest BCUT2D eigenvalue weighted by molar-refractivity contribution is 5.88. The highest BCUT2D eigenvalue weighted by Crippen LogP contribution is 2.43. The summed E-state index contributed by atoms with van der Waals surface area (Å²) in [5.41, 5.74) is 25.2. The molecule has 2 nitrogen and oxygen atoms in total. The molecule has 0 saturated carbocycles. The molecular weight excluding hydrogens is 965 g/mol. The molecule has 0 saturated heterocycles. The van der Waals surface area contributed by atoms with Crippen LogP contribution in [0.25, 0.3) is 89.0 Å². The summed E-state index contributed by atoms with van der Waals surface area (Å²) >= 11 is 0. The van der Waals surface area contributed by atoms with Crippen LogP contribution in [0.2, 0.25) is 0 Å². The Morgan fingerprint density at radius 3 is 0.475 bits per heavy atom. The third-order valence-corrected chi connectivity index (χ3v) is 15.0. The van der Waals surface area contributed by atoms with E-state index in [9.17, 15) is 0 Å². The molecule has 0 N–H and O–H groups in total. The molecule has 2 heteroatoms. The SMILES string of the molecule is c1ccc(-c2ccc(N(c3ccc(-c4ccc(N(c5ccc(-c6ccccc6)cc5)c5cc(-c6ccccc6)cc(-c6ccccc6)c5)cc4)cc3)c3ccc(-c4cc(-c5ccccc5)cc(-c5ccccc5)c4)cc3)cc2)cc1. The average Bonchev–Trinajstić information content (AvgIpc) is 3.59. The van der Waals surface area contributed by atoms with Gasteiger partial charge in [0.25, 0.3) is 0 Å². The minimum Gasteiger partial charge on any atom is -0.311 e. The lowest BCUT2D eigenvalue weighted by Crippen LogP contribution is -2.10. The van der Waals surface area contributed by atoms with Gasteiger partial charge in [-0.15, -0.1) is 0 Å². The van der Waals surface area contributed by atoms with Gasteiger partial charge in [-0.2, -0.15) is 0 Å². The van der Waals surface area contributed by atoms with Gasteiger partial charge in [0, 0.05) is 34.1 Å². The van der Waals surface area contributed by atoms with E-state index in [0.717, 1.165) is 61.9 Å². The van der Waals surface area contributed by atoms with Crippen LogP contribution in [0, 0.1) is 0 Å². The molecule has 378 valence electrons. The van der Waals surface area contributed by atoms with Crippen LogP contribution in [0.5, 0.6) is 0 Å². The van der Waals surface area contributed by atoms with Crippen LogP contribution in [0.15, 0.2) is 340 Å². The molecular formula is C78H56N2. The lowest BCUT2D eigenvalue weighted by atomic mass is 9.93. The molecule has 0 bridgehead atoms. The molecule has 0 aliphatic rings. The summed E-state index contributed by atoms with van der Waals surface area (Å²) in [6, 6.07) is 123. The van der Waals surface area contributed by atoms with Crippen molar-refractivity contribution in [3.63, 3.8) is 0 Å². The number of benzene rings is 13. The summed E-state index contributed by atoms with van der Waals surface area (Å²) < 4.78 is 0. The fourth-order valence-electron chi connectivity index (χ4n) is 10.9. The van der Waals surface area contributed by atoms with E-state index < -0.39 is 0 Å². The lowest BCUT2D eigenvalue weighted by molar-refractivity contribution is 1.28. The molecule has 13 aromatic carbocycles. The summed E-state index contributed by atoms with van der Waals surface area (Å²) in [6.45, 7) is 0. The minimum atomic E-state index is 1.07.